The zero-order valence-corrected chi connectivity index (χ0v) is 14.2. The molecule has 0 fully saturated rings. The van der Waals surface area contributed by atoms with Gasteiger partial charge in [0.05, 0.1) is 5.69 Å². The molecular weight excluding hydrogens is 316 g/mol. The van der Waals surface area contributed by atoms with E-state index in [-0.39, 0.29) is 18.0 Å². The molecule has 6 heteroatoms. The largest absolute Gasteiger partial charge is 0.368 e. The zero-order valence-electron chi connectivity index (χ0n) is 14.2. The highest BCUT2D eigenvalue weighted by molar-refractivity contribution is 6.44. The standard InChI is InChI=1S/C19H20N4O2/c1-12-8-9-14(10-13(12)2)21-19(25)16-11-17(18(20)24)23(22-16)15-6-4-3-5-7-15/h3-10,17H,11H2,1-2H3,(H2,20,24)(H,21,25). The topological polar surface area (TPSA) is 87.8 Å². The number of anilines is 2. The number of rotatable bonds is 4. The second-order valence-corrected chi connectivity index (χ2v) is 6.10. The second-order valence-electron chi connectivity index (χ2n) is 6.10. The highest BCUT2D eigenvalue weighted by Crippen LogP contribution is 2.25. The number of aryl methyl sites for hydroxylation is 2. The van der Waals surface area contributed by atoms with Crippen molar-refractivity contribution in [1.29, 1.82) is 0 Å². The Balaban J connectivity index is 1.82. The lowest BCUT2D eigenvalue weighted by atomic mass is 10.1. The van der Waals surface area contributed by atoms with E-state index in [1.165, 1.54) is 5.01 Å². The third-order valence-electron chi connectivity index (χ3n) is 4.29. The highest BCUT2D eigenvalue weighted by atomic mass is 16.2. The number of primary amides is 1. The number of nitrogens with zero attached hydrogens (tertiary/aromatic N) is 2. The van der Waals surface area contributed by atoms with Crippen LogP contribution in [0.15, 0.2) is 53.6 Å². The first-order valence-electron chi connectivity index (χ1n) is 8.05. The molecule has 1 aliphatic rings. The quantitative estimate of drug-likeness (QED) is 0.898. The average Bonchev–Trinajstić information content (AvgIpc) is 3.05. The SMILES string of the molecule is Cc1ccc(NC(=O)C2=NN(c3ccccc3)C(C(N)=O)C2)cc1C. The number of nitrogens with one attached hydrogen (secondary N) is 1. The van der Waals surface area contributed by atoms with Gasteiger partial charge in [0.15, 0.2) is 0 Å². The predicted molar refractivity (Wildman–Crippen MR) is 98.5 cm³/mol. The maximum atomic E-state index is 12.5. The van der Waals surface area contributed by atoms with Crippen molar-refractivity contribution >= 4 is 28.9 Å². The summed E-state index contributed by atoms with van der Waals surface area (Å²) in [6.07, 6.45) is 0.181. The Kier molecular flexibility index (Phi) is 4.52. The Morgan fingerprint density at radius 2 is 1.84 bits per heavy atom. The lowest BCUT2D eigenvalue weighted by Gasteiger charge is -2.20. The molecule has 0 spiro atoms. The molecule has 2 aromatic carbocycles. The van der Waals surface area contributed by atoms with Gasteiger partial charge >= 0.3 is 0 Å². The number of nitrogens with two attached hydrogens (primary N) is 1. The van der Waals surface area contributed by atoms with Crippen LogP contribution in [0.4, 0.5) is 11.4 Å². The van der Waals surface area contributed by atoms with Crippen LogP contribution in [-0.4, -0.2) is 23.6 Å². The molecule has 2 amide bonds. The summed E-state index contributed by atoms with van der Waals surface area (Å²) < 4.78 is 0. The molecule has 1 atom stereocenters. The fourth-order valence-electron chi connectivity index (χ4n) is 2.71. The summed E-state index contributed by atoms with van der Waals surface area (Å²) in [6.45, 7) is 4.00. The zero-order chi connectivity index (χ0) is 18.0. The van der Waals surface area contributed by atoms with Gasteiger partial charge in [-0.05, 0) is 49.2 Å². The highest BCUT2D eigenvalue weighted by Gasteiger charge is 2.34. The van der Waals surface area contributed by atoms with Gasteiger partial charge in [0, 0.05) is 12.1 Å². The number of para-hydroxylation sites is 1. The molecule has 128 valence electrons. The minimum atomic E-state index is -0.664. The summed E-state index contributed by atoms with van der Waals surface area (Å²) in [6, 6.07) is 14.2. The first-order valence-corrected chi connectivity index (χ1v) is 8.05. The summed E-state index contributed by atoms with van der Waals surface area (Å²) in [5.41, 5.74) is 9.44. The third kappa shape index (κ3) is 3.52. The van der Waals surface area contributed by atoms with Gasteiger partial charge in [0.1, 0.15) is 11.8 Å². The van der Waals surface area contributed by atoms with E-state index in [2.05, 4.69) is 10.4 Å². The molecule has 1 heterocycles. The van der Waals surface area contributed by atoms with Crippen LogP contribution in [-0.2, 0) is 9.59 Å². The molecule has 0 radical (unpaired) electrons. The molecule has 25 heavy (non-hydrogen) atoms. The van der Waals surface area contributed by atoms with E-state index in [0.717, 1.165) is 16.8 Å². The molecule has 6 nitrogen and oxygen atoms in total. The van der Waals surface area contributed by atoms with Crippen molar-refractivity contribution < 1.29 is 9.59 Å². The maximum absolute atomic E-state index is 12.5. The number of carbonyl (C=O) groups is 2. The van der Waals surface area contributed by atoms with Crippen molar-refractivity contribution in [3.63, 3.8) is 0 Å². The molecule has 0 aliphatic carbocycles. The van der Waals surface area contributed by atoms with Gasteiger partial charge in [-0.2, -0.15) is 5.10 Å². The van der Waals surface area contributed by atoms with Crippen LogP contribution in [0.2, 0.25) is 0 Å². The lowest BCUT2D eigenvalue weighted by Crippen LogP contribution is -2.39. The molecule has 1 aliphatic heterocycles. The molecular formula is C19H20N4O2. The van der Waals surface area contributed by atoms with E-state index in [1.807, 2.05) is 62.4 Å². The third-order valence-corrected chi connectivity index (χ3v) is 4.29. The summed E-state index contributed by atoms with van der Waals surface area (Å²) in [7, 11) is 0. The Hall–Kier alpha value is -3.15. The van der Waals surface area contributed by atoms with Gasteiger partial charge in [-0.1, -0.05) is 24.3 Å². The first kappa shape index (κ1) is 16.7. The van der Waals surface area contributed by atoms with Crippen molar-refractivity contribution in [2.24, 2.45) is 10.8 Å². The molecule has 3 N–H and O–H groups in total. The van der Waals surface area contributed by atoms with Gasteiger partial charge in [-0.25, -0.2) is 0 Å². The van der Waals surface area contributed by atoms with Crippen LogP contribution in [0, 0.1) is 13.8 Å². The fraction of sp³-hybridized carbons (Fsp3) is 0.211. The molecule has 0 saturated heterocycles. The lowest BCUT2D eigenvalue weighted by molar-refractivity contribution is -0.119. The Morgan fingerprint density at radius 1 is 1.12 bits per heavy atom. The van der Waals surface area contributed by atoms with E-state index >= 15 is 0 Å². The van der Waals surface area contributed by atoms with Crippen LogP contribution in [0.1, 0.15) is 17.5 Å². The van der Waals surface area contributed by atoms with Crippen LogP contribution < -0.4 is 16.1 Å². The van der Waals surface area contributed by atoms with Crippen LogP contribution in [0.5, 0.6) is 0 Å². The normalized spacial score (nSPS) is 16.5. The molecule has 0 saturated carbocycles. The van der Waals surface area contributed by atoms with Crippen molar-refractivity contribution in [2.45, 2.75) is 26.3 Å². The van der Waals surface area contributed by atoms with E-state index < -0.39 is 11.9 Å². The number of hydrazone groups is 1. The van der Waals surface area contributed by atoms with Gasteiger partial charge in [-0.15, -0.1) is 0 Å². The minimum Gasteiger partial charge on any atom is -0.368 e. The smallest absolute Gasteiger partial charge is 0.271 e. The number of carbonyl (C=O) groups excluding carboxylic acids is 2. The van der Waals surface area contributed by atoms with Crippen LogP contribution >= 0.6 is 0 Å². The maximum Gasteiger partial charge on any atom is 0.271 e. The van der Waals surface area contributed by atoms with Crippen molar-refractivity contribution in [1.82, 2.24) is 0 Å². The Bertz CT molecular complexity index is 846. The monoisotopic (exact) mass is 336 g/mol. The predicted octanol–water partition coefficient (Wildman–Crippen LogP) is 2.36. The summed E-state index contributed by atoms with van der Waals surface area (Å²) in [5.74, 6) is -0.838. The van der Waals surface area contributed by atoms with Gasteiger partial charge in [0.2, 0.25) is 5.91 Å². The fourth-order valence-corrected chi connectivity index (χ4v) is 2.71. The van der Waals surface area contributed by atoms with E-state index in [0.29, 0.717) is 5.69 Å². The van der Waals surface area contributed by atoms with Gasteiger partial charge in [-0.3, -0.25) is 14.6 Å². The number of hydrogen-bond acceptors (Lipinski definition) is 4. The number of benzene rings is 2. The second kappa shape index (κ2) is 6.76. The number of amides is 2. The first-order chi connectivity index (χ1) is 12.0. The van der Waals surface area contributed by atoms with E-state index in [1.54, 1.807) is 0 Å². The summed E-state index contributed by atoms with van der Waals surface area (Å²) in [4.78, 5) is 24.3. The minimum absolute atomic E-state index is 0.181. The van der Waals surface area contributed by atoms with E-state index in [9.17, 15) is 9.59 Å². The van der Waals surface area contributed by atoms with Crippen LogP contribution in [0.25, 0.3) is 0 Å². The summed E-state index contributed by atoms with van der Waals surface area (Å²) in [5, 5.41) is 8.68. The van der Waals surface area contributed by atoms with Gasteiger partial charge < -0.3 is 11.1 Å². The van der Waals surface area contributed by atoms with Crippen LogP contribution in [0.3, 0.4) is 0 Å². The van der Waals surface area contributed by atoms with Crippen molar-refractivity contribution in [3.05, 3.63) is 59.7 Å². The molecule has 2 aromatic rings. The average molecular weight is 336 g/mol. The molecule has 3 rings (SSSR count). The Labute approximate surface area is 146 Å². The van der Waals surface area contributed by atoms with E-state index in [4.69, 9.17) is 5.73 Å². The molecule has 1 unspecified atom stereocenters. The Morgan fingerprint density at radius 3 is 2.48 bits per heavy atom. The molecule has 0 bridgehead atoms. The molecule has 0 aromatic heterocycles. The van der Waals surface area contributed by atoms with Crippen molar-refractivity contribution in [3.8, 4) is 0 Å². The summed E-state index contributed by atoms with van der Waals surface area (Å²) >= 11 is 0. The number of hydrogen-bond donors (Lipinski definition) is 2. The van der Waals surface area contributed by atoms with Gasteiger partial charge in [0.25, 0.3) is 5.91 Å². The van der Waals surface area contributed by atoms with Crippen molar-refractivity contribution in [2.75, 3.05) is 10.3 Å².